The average molecular weight is 290 g/mol. The number of H-pyrrole nitrogens is 1. The normalized spacial score (nSPS) is 22.9. The van der Waals surface area contributed by atoms with Gasteiger partial charge in [-0.2, -0.15) is 5.10 Å². The Morgan fingerprint density at radius 1 is 1.19 bits per heavy atom. The van der Waals surface area contributed by atoms with Crippen LogP contribution in [0.25, 0.3) is 0 Å². The van der Waals surface area contributed by atoms with Crippen molar-refractivity contribution in [3.63, 3.8) is 0 Å². The molecule has 0 saturated heterocycles. The van der Waals surface area contributed by atoms with Gasteiger partial charge < -0.3 is 11.1 Å². The van der Waals surface area contributed by atoms with Crippen molar-refractivity contribution in [1.29, 1.82) is 0 Å². The van der Waals surface area contributed by atoms with Crippen molar-refractivity contribution in [1.82, 2.24) is 10.2 Å². The molecule has 0 aromatic carbocycles. The Morgan fingerprint density at radius 3 is 2.52 bits per heavy atom. The Labute approximate surface area is 126 Å². The Bertz CT molecular complexity index is 482. The Balaban J connectivity index is 1.63. The van der Waals surface area contributed by atoms with E-state index in [9.17, 15) is 4.79 Å². The van der Waals surface area contributed by atoms with E-state index in [-0.39, 0.29) is 5.91 Å². The number of aromatic nitrogens is 2. The fraction of sp³-hybridized carbons (Fsp3) is 0.750. The third kappa shape index (κ3) is 3.28. The molecule has 0 unspecified atom stereocenters. The van der Waals surface area contributed by atoms with Gasteiger partial charge in [-0.15, -0.1) is 0 Å². The lowest BCUT2D eigenvalue weighted by molar-refractivity contribution is -0.121. The molecule has 0 radical (unpaired) electrons. The van der Waals surface area contributed by atoms with Gasteiger partial charge in [-0.25, -0.2) is 0 Å². The van der Waals surface area contributed by atoms with Gasteiger partial charge in [0, 0.05) is 17.7 Å². The van der Waals surface area contributed by atoms with E-state index in [1.165, 1.54) is 38.5 Å². The van der Waals surface area contributed by atoms with Crippen LogP contribution in [0, 0.1) is 0 Å². The first-order valence-electron chi connectivity index (χ1n) is 8.33. The quantitative estimate of drug-likeness (QED) is 0.748. The first kappa shape index (κ1) is 14.6. The molecule has 0 atom stereocenters. The van der Waals surface area contributed by atoms with Gasteiger partial charge in [0.25, 0.3) is 0 Å². The van der Waals surface area contributed by atoms with Gasteiger partial charge in [0.2, 0.25) is 5.91 Å². The van der Waals surface area contributed by atoms with Crippen molar-refractivity contribution in [3.8, 4) is 0 Å². The van der Waals surface area contributed by atoms with Crippen LogP contribution >= 0.6 is 0 Å². The summed E-state index contributed by atoms with van der Waals surface area (Å²) in [7, 11) is 0. The molecule has 0 bridgehead atoms. The van der Waals surface area contributed by atoms with Crippen LogP contribution in [0.1, 0.15) is 75.8 Å². The highest BCUT2D eigenvalue weighted by Gasteiger charge is 2.37. The predicted octanol–water partition coefficient (Wildman–Crippen LogP) is 3.06. The minimum absolute atomic E-state index is 0.0843. The number of aromatic amines is 1. The van der Waals surface area contributed by atoms with Crippen molar-refractivity contribution in [2.45, 2.75) is 75.7 Å². The zero-order valence-corrected chi connectivity index (χ0v) is 12.7. The van der Waals surface area contributed by atoms with E-state index in [0.717, 1.165) is 31.4 Å². The maximum atomic E-state index is 12.3. The smallest absolute Gasteiger partial charge is 0.245 e. The highest BCUT2D eigenvalue weighted by Crippen LogP contribution is 2.32. The standard InChI is InChI=1S/C16H26N4O/c17-16(9-5-6-10-16)15(21)18-14-11-13(19-20-14)12-7-3-1-2-4-8-12/h11-12H,1-10,17H2,(H2,18,19,20,21). The van der Waals surface area contributed by atoms with Crippen LogP contribution in [0.5, 0.6) is 0 Å². The second kappa shape index (κ2) is 6.18. The van der Waals surface area contributed by atoms with E-state index >= 15 is 0 Å². The first-order valence-corrected chi connectivity index (χ1v) is 8.33. The number of carbonyl (C=O) groups excluding carboxylic acids is 1. The molecule has 1 heterocycles. The maximum absolute atomic E-state index is 12.3. The van der Waals surface area contributed by atoms with Gasteiger partial charge in [0.15, 0.2) is 5.82 Å². The molecule has 2 aliphatic carbocycles. The molecule has 1 amide bonds. The summed E-state index contributed by atoms with van der Waals surface area (Å²) >= 11 is 0. The van der Waals surface area contributed by atoms with Gasteiger partial charge in [0.1, 0.15) is 0 Å². The summed E-state index contributed by atoms with van der Waals surface area (Å²) in [5, 5.41) is 10.3. The van der Waals surface area contributed by atoms with Crippen molar-refractivity contribution in [2.24, 2.45) is 5.73 Å². The minimum Gasteiger partial charge on any atom is -0.317 e. The zero-order valence-electron chi connectivity index (χ0n) is 12.7. The highest BCUT2D eigenvalue weighted by atomic mass is 16.2. The Hall–Kier alpha value is -1.36. The third-order valence-electron chi connectivity index (χ3n) is 5.08. The van der Waals surface area contributed by atoms with Gasteiger partial charge in [0.05, 0.1) is 5.54 Å². The molecule has 2 fully saturated rings. The summed E-state index contributed by atoms with van der Waals surface area (Å²) in [4.78, 5) is 12.3. The number of hydrogen-bond donors (Lipinski definition) is 3. The number of nitrogens with one attached hydrogen (secondary N) is 2. The second-order valence-electron chi connectivity index (χ2n) is 6.71. The van der Waals surface area contributed by atoms with E-state index in [1.54, 1.807) is 0 Å². The van der Waals surface area contributed by atoms with Gasteiger partial charge >= 0.3 is 0 Å². The van der Waals surface area contributed by atoms with Crippen LogP contribution in [0.15, 0.2) is 6.07 Å². The van der Waals surface area contributed by atoms with Crippen LogP contribution in [-0.4, -0.2) is 21.6 Å². The largest absolute Gasteiger partial charge is 0.317 e. The monoisotopic (exact) mass is 290 g/mol. The van der Waals surface area contributed by atoms with Crippen LogP contribution in [0.2, 0.25) is 0 Å². The number of anilines is 1. The predicted molar refractivity (Wildman–Crippen MR) is 83.0 cm³/mol. The van der Waals surface area contributed by atoms with E-state index in [2.05, 4.69) is 15.5 Å². The summed E-state index contributed by atoms with van der Waals surface area (Å²) in [6.45, 7) is 0. The summed E-state index contributed by atoms with van der Waals surface area (Å²) in [5.74, 6) is 1.10. The lowest BCUT2D eigenvalue weighted by atomic mass is 9.96. The zero-order chi connectivity index (χ0) is 14.7. The van der Waals surface area contributed by atoms with Gasteiger partial charge in [-0.1, -0.05) is 38.5 Å². The maximum Gasteiger partial charge on any atom is 0.245 e. The first-order chi connectivity index (χ1) is 10.2. The number of rotatable bonds is 3. The van der Waals surface area contributed by atoms with Gasteiger partial charge in [-0.3, -0.25) is 9.89 Å². The topological polar surface area (TPSA) is 83.8 Å². The van der Waals surface area contributed by atoms with Crippen molar-refractivity contribution in [2.75, 3.05) is 5.32 Å². The molecule has 116 valence electrons. The highest BCUT2D eigenvalue weighted by molar-refractivity contribution is 5.97. The molecule has 1 aromatic heterocycles. The number of amides is 1. The fourth-order valence-corrected chi connectivity index (χ4v) is 3.67. The number of hydrogen-bond acceptors (Lipinski definition) is 3. The van der Waals surface area contributed by atoms with Crippen LogP contribution in [0.3, 0.4) is 0 Å². The lowest BCUT2D eigenvalue weighted by Crippen LogP contribution is -2.48. The fourth-order valence-electron chi connectivity index (χ4n) is 3.67. The van der Waals surface area contributed by atoms with Crippen LogP contribution < -0.4 is 11.1 Å². The molecular formula is C16H26N4O. The number of nitrogens with two attached hydrogens (primary N) is 1. The summed E-state index contributed by atoms with van der Waals surface area (Å²) < 4.78 is 0. The van der Waals surface area contributed by atoms with E-state index < -0.39 is 5.54 Å². The minimum atomic E-state index is -0.693. The van der Waals surface area contributed by atoms with Crippen molar-refractivity contribution >= 4 is 11.7 Å². The third-order valence-corrected chi connectivity index (χ3v) is 5.08. The summed E-state index contributed by atoms with van der Waals surface area (Å²) in [5.41, 5.74) is 6.63. The van der Waals surface area contributed by atoms with Crippen LogP contribution in [-0.2, 0) is 4.79 Å². The van der Waals surface area contributed by atoms with Crippen molar-refractivity contribution < 1.29 is 4.79 Å². The Morgan fingerprint density at radius 2 is 1.86 bits per heavy atom. The average Bonchev–Trinajstić information content (AvgIpc) is 3.02. The lowest BCUT2D eigenvalue weighted by Gasteiger charge is -2.21. The van der Waals surface area contributed by atoms with E-state index in [4.69, 9.17) is 5.73 Å². The molecule has 21 heavy (non-hydrogen) atoms. The van der Waals surface area contributed by atoms with E-state index in [1.807, 2.05) is 6.07 Å². The second-order valence-corrected chi connectivity index (χ2v) is 6.71. The SMILES string of the molecule is NC1(C(=O)Nc2cc(C3CCCCCC3)[nH]n2)CCCC1. The molecule has 2 aliphatic rings. The molecule has 0 aliphatic heterocycles. The molecular weight excluding hydrogens is 264 g/mol. The molecule has 1 aromatic rings. The summed E-state index contributed by atoms with van der Waals surface area (Å²) in [6.07, 6.45) is 11.3. The number of carbonyl (C=O) groups is 1. The molecule has 3 rings (SSSR count). The Kier molecular flexibility index (Phi) is 4.29. The molecule has 5 heteroatoms. The molecule has 4 N–H and O–H groups in total. The molecule has 5 nitrogen and oxygen atoms in total. The molecule has 0 spiro atoms. The van der Waals surface area contributed by atoms with Crippen molar-refractivity contribution in [3.05, 3.63) is 11.8 Å². The van der Waals surface area contributed by atoms with Crippen LogP contribution in [0.4, 0.5) is 5.82 Å². The van der Waals surface area contributed by atoms with E-state index in [0.29, 0.717) is 11.7 Å². The summed E-state index contributed by atoms with van der Waals surface area (Å²) in [6, 6.07) is 1.99. The number of nitrogens with zero attached hydrogens (tertiary/aromatic N) is 1. The molecule has 2 saturated carbocycles. The van der Waals surface area contributed by atoms with Gasteiger partial charge in [-0.05, 0) is 25.7 Å².